The van der Waals surface area contributed by atoms with Crippen LogP contribution in [-0.2, 0) is 16.1 Å². The predicted octanol–water partition coefficient (Wildman–Crippen LogP) is 3.29. The van der Waals surface area contributed by atoms with Gasteiger partial charge >= 0.3 is 0 Å². The highest BCUT2D eigenvalue weighted by Gasteiger charge is 2.41. The van der Waals surface area contributed by atoms with Gasteiger partial charge in [0.25, 0.3) is 0 Å². The van der Waals surface area contributed by atoms with Gasteiger partial charge in [-0.15, -0.1) is 0 Å². The molecule has 2 aromatic rings. The third-order valence-corrected chi connectivity index (χ3v) is 6.50. The van der Waals surface area contributed by atoms with Gasteiger partial charge in [0.1, 0.15) is 23.8 Å². The Morgan fingerprint density at radius 1 is 1.12 bits per heavy atom. The lowest BCUT2D eigenvalue weighted by atomic mass is 9.96. The summed E-state index contributed by atoms with van der Waals surface area (Å²) in [6, 6.07) is 13.7. The maximum absolute atomic E-state index is 13.3. The van der Waals surface area contributed by atoms with Gasteiger partial charge in [0.05, 0.1) is 13.0 Å². The van der Waals surface area contributed by atoms with Crippen LogP contribution in [0.15, 0.2) is 48.5 Å². The fraction of sp³-hybridized carbons (Fsp3) is 0.480. The van der Waals surface area contributed by atoms with Gasteiger partial charge in [-0.2, -0.15) is 0 Å². The largest absolute Gasteiger partial charge is 0.491 e. The quantitative estimate of drug-likeness (QED) is 0.615. The third-order valence-electron chi connectivity index (χ3n) is 6.27. The van der Waals surface area contributed by atoms with Gasteiger partial charge < -0.3 is 19.3 Å². The van der Waals surface area contributed by atoms with Crippen LogP contribution in [0.1, 0.15) is 12.0 Å². The van der Waals surface area contributed by atoms with E-state index in [1.165, 1.54) is 12.1 Å². The van der Waals surface area contributed by atoms with E-state index in [4.69, 9.17) is 21.1 Å². The minimum absolute atomic E-state index is 0.0791. The molecular weight excluding hydrogens is 445 g/mol. The molecule has 4 rings (SSSR count). The zero-order valence-corrected chi connectivity index (χ0v) is 19.8. The predicted molar refractivity (Wildman–Crippen MR) is 126 cm³/mol. The van der Waals surface area contributed by atoms with E-state index >= 15 is 0 Å². The van der Waals surface area contributed by atoms with Crippen LogP contribution < -0.4 is 4.74 Å². The topological polar surface area (TPSA) is 45.2 Å². The molecule has 33 heavy (non-hydrogen) atoms. The highest BCUT2D eigenvalue weighted by molar-refractivity contribution is 6.30. The van der Waals surface area contributed by atoms with Crippen molar-refractivity contribution in [1.29, 1.82) is 0 Å². The van der Waals surface area contributed by atoms with Gasteiger partial charge in [-0.05, 0) is 49.0 Å². The second-order valence-corrected chi connectivity index (χ2v) is 9.41. The number of halogens is 2. The first-order chi connectivity index (χ1) is 15.9. The summed E-state index contributed by atoms with van der Waals surface area (Å²) in [6.07, 6.45) is 0.240. The molecule has 0 N–H and O–H groups in total. The fourth-order valence-electron chi connectivity index (χ4n) is 4.39. The van der Waals surface area contributed by atoms with Crippen LogP contribution in [0, 0.1) is 5.82 Å². The molecule has 2 aliphatic heterocycles. The Morgan fingerprint density at radius 3 is 2.61 bits per heavy atom. The number of hydrogen-bond donors (Lipinski definition) is 0. The Morgan fingerprint density at radius 2 is 1.88 bits per heavy atom. The van der Waals surface area contributed by atoms with Crippen molar-refractivity contribution in [1.82, 2.24) is 14.7 Å². The molecule has 0 spiro atoms. The molecule has 0 saturated carbocycles. The average Bonchev–Trinajstić information content (AvgIpc) is 2.79. The van der Waals surface area contributed by atoms with Crippen LogP contribution in [0.3, 0.4) is 0 Å². The van der Waals surface area contributed by atoms with Crippen molar-refractivity contribution in [2.45, 2.75) is 18.6 Å². The van der Waals surface area contributed by atoms with E-state index in [0.717, 1.165) is 38.3 Å². The third kappa shape index (κ3) is 6.67. The molecule has 2 aliphatic rings. The van der Waals surface area contributed by atoms with Gasteiger partial charge in [0.2, 0.25) is 5.91 Å². The van der Waals surface area contributed by atoms with E-state index in [2.05, 4.69) is 16.8 Å². The van der Waals surface area contributed by atoms with Gasteiger partial charge in [-0.3, -0.25) is 9.69 Å². The second kappa shape index (κ2) is 10.8. The van der Waals surface area contributed by atoms with Gasteiger partial charge in [0.15, 0.2) is 0 Å². The number of morpholine rings is 1. The maximum Gasteiger partial charge on any atom is 0.225 e. The standard InChI is InChI=1S/C25H31ClFN3O3/c1-28-9-11-30(12-10-28)24(31)16-25(19-32-23-7-5-22(27)6-8-23)18-29(13-14-33-25)17-20-3-2-4-21(26)15-20/h2-8,15H,9-14,16-19H2,1H3/t25-/m0/s1. The molecule has 0 aromatic heterocycles. The summed E-state index contributed by atoms with van der Waals surface area (Å²) in [7, 11) is 2.07. The zero-order chi connectivity index (χ0) is 23.3. The minimum atomic E-state index is -0.786. The molecule has 178 valence electrons. The summed E-state index contributed by atoms with van der Waals surface area (Å²) in [5, 5.41) is 0.705. The molecule has 1 atom stereocenters. The first-order valence-corrected chi connectivity index (χ1v) is 11.7. The highest BCUT2D eigenvalue weighted by Crippen LogP contribution is 2.27. The Hall–Kier alpha value is -2.19. The number of carbonyl (C=O) groups is 1. The Labute approximate surface area is 199 Å². The van der Waals surface area contributed by atoms with Crippen LogP contribution in [0.25, 0.3) is 0 Å². The van der Waals surface area contributed by atoms with E-state index in [-0.39, 0.29) is 24.8 Å². The summed E-state index contributed by atoms with van der Waals surface area (Å²) in [5.41, 5.74) is 0.328. The average molecular weight is 476 g/mol. The molecular formula is C25H31ClFN3O3. The lowest BCUT2D eigenvalue weighted by Crippen LogP contribution is -2.58. The van der Waals surface area contributed by atoms with E-state index in [1.807, 2.05) is 29.2 Å². The van der Waals surface area contributed by atoms with E-state index in [9.17, 15) is 9.18 Å². The van der Waals surface area contributed by atoms with E-state index in [1.54, 1.807) is 12.1 Å². The number of rotatable bonds is 7. The maximum atomic E-state index is 13.3. The molecule has 0 radical (unpaired) electrons. The summed E-state index contributed by atoms with van der Waals surface area (Å²) in [4.78, 5) is 19.6. The Balaban J connectivity index is 1.48. The fourth-order valence-corrected chi connectivity index (χ4v) is 4.60. The number of hydrogen-bond acceptors (Lipinski definition) is 5. The number of ether oxygens (including phenoxy) is 2. The lowest BCUT2D eigenvalue weighted by molar-refractivity contribution is -0.157. The SMILES string of the molecule is CN1CCN(C(=O)C[C@@]2(COc3ccc(F)cc3)CN(Cc3cccc(Cl)c3)CCO2)CC1. The molecule has 6 nitrogen and oxygen atoms in total. The molecule has 1 amide bonds. The summed E-state index contributed by atoms with van der Waals surface area (Å²) >= 11 is 6.17. The Kier molecular flexibility index (Phi) is 7.86. The zero-order valence-electron chi connectivity index (χ0n) is 19.0. The minimum Gasteiger partial charge on any atom is -0.491 e. The molecule has 2 heterocycles. The smallest absolute Gasteiger partial charge is 0.225 e. The molecule has 8 heteroatoms. The van der Waals surface area contributed by atoms with E-state index < -0.39 is 5.60 Å². The molecule has 0 aliphatic carbocycles. The van der Waals surface area contributed by atoms with Crippen molar-refractivity contribution >= 4 is 17.5 Å². The second-order valence-electron chi connectivity index (χ2n) is 8.98. The molecule has 2 fully saturated rings. The number of likely N-dealkylation sites (N-methyl/N-ethyl adjacent to an activating group) is 1. The van der Waals surface area contributed by atoms with Crippen molar-refractivity contribution in [2.75, 3.05) is 59.5 Å². The molecule has 2 aromatic carbocycles. The Bertz CT molecular complexity index is 937. The molecule has 0 unspecified atom stereocenters. The molecule has 0 bridgehead atoms. The van der Waals surface area contributed by atoms with Crippen molar-refractivity contribution in [3.8, 4) is 5.75 Å². The number of piperazine rings is 1. The van der Waals surface area contributed by atoms with Crippen molar-refractivity contribution in [3.63, 3.8) is 0 Å². The van der Waals surface area contributed by atoms with Gasteiger partial charge in [-0.25, -0.2) is 4.39 Å². The number of nitrogens with zero attached hydrogens (tertiary/aromatic N) is 3. The lowest BCUT2D eigenvalue weighted by Gasteiger charge is -2.43. The summed E-state index contributed by atoms with van der Waals surface area (Å²) < 4.78 is 25.6. The van der Waals surface area contributed by atoms with E-state index in [0.29, 0.717) is 30.5 Å². The van der Waals surface area contributed by atoms with Crippen LogP contribution >= 0.6 is 11.6 Å². The number of carbonyl (C=O) groups excluding carboxylic acids is 1. The van der Waals surface area contributed by atoms with Gasteiger partial charge in [-0.1, -0.05) is 23.7 Å². The van der Waals surface area contributed by atoms with Crippen LogP contribution in [0.5, 0.6) is 5.75 Å². The monoisotopic (exact) mass is 475 g/mol. The van der Waals surface area contributed by atoms with Crippen molar-refractivity contribution in [3.05, 3.63) is 64.9 Å². The normalized spacial score (nSPS) is 22.3. The van der Waals surface area contributed by atoms with Gasteiger partial charge in [0, 0.05) is 50.8 Å². The summed E-state index contributed by atoms with van der Waals surface area (Å²) in [5.74, 6) is 0.317. The van der Waals surface area contributed by atoms with Crippen LogP contribution in [-0.4, -0.2) is 85.7 Å². The number of amides is 1. The highest BCUT2D eigenvalue weighted by atomic mass is 35.5. The molecule has 2 saturated heterocycles. The summed E-state index contributed by atoms with van der Waals surface area (Å²) in [6.45, 7) is 5.91. The first kappa shape index (κ1) is 24.0. The first-order valence-electron chi connectivity index (χ1n) is 11.4. The van der Waals surface area contributed by atoms with Crippen LogP contribution in [0.2, 0.25) is 5.02 Å². The number of benzene rings is 2. The van der Waals surface area contributed by atoms with Crippen molar-refractivity contribution in [2.24, 2.45) is 0 Å². The van der Waals surface area contributed by atoms with Crippen molar-refractivity contribution < 1.29 is 18.7 Å². The van der Waals surface area contributed by atoms with Crippen LogP contribution in [0.4, 0.5) is 4.39 Å².